The molecule has 0 spiro atoms. The molecule has 6 heteroatoms. The van der Waals surface area contributed by atoms with Gasteiger partial charge in [0, 0.05) is 0 Å². The van der Waals surface area contributed by atoms with Crippen molar-refractivity contribution in [2.45, 2.75) is 19.6 Å². The number of rotatable bonds is 4. The molecule has 84 valence electrons. The third-order valence-corrected chi connectivity index (χ3v) is 4.62. The Balaban J connectivity index is 2.63. The molecule has 0 amide bonds. The van der Waals surface area contributed by atoms with Gasteiger partial charge in [-0.05, 0) is 27.6 Å². The third-order valence-electron chi connectivity index (χ3n) is 1.50. The first-order valence-electron chi connectivity index (χ1n) is 4.46. The lowest BCUT2D eigenvalue weighted by molar-refractivity contribution is 0.749. The fourth-order valence-electron chi connectivity index (χ4n) is 0.885. The van der Waals surface area contributed by atoms with E-state index in [1.807, 2.05) is 0 Å². The Morgan fingerprint density at radius 3 is 2.27 bits per heavy atom. The molecule has 0 unspecified atom stereocenters. The van der Waals surface area contributed by atoms with Crippen molar-refractivity contribution in [2.75, 3.05) is 5.75 Å². The minimum absolute atomic E-state index is 0.371. The zero-order valence-electron chi connectivity index (χ0n) is 8.43. The number of hydrogen-bond donors (Lipinski definition) is 0. The van der Waals surface area contributed by atoms with Gasteiger partial charge in [0.2, 0.25) is 0 Å². The second-order valence-electron chi connectivity index (χ2n) is 3.44. The second-order valence-corrected chi connectivity index (χ2v) is 5.98. The van der Waals surface area contributed by atoms with Crippen molar-refractivity contribution in [3.05, 3.63) is 20.6 Å². The maximum atomic E-state index is 5.87. The van der Waals surface area contributed by atoms with E-state index >= 15 is 0 Å². The van der Waals surface area contributed by atoms with E-state index in [4.69, 9.17) is 23.2 Å². The molecule has 0 fully saturated rings. The molecule has 1 aromatic heterocycles. The van der Waals surface area contributed by atoms with Gasteiger partial charge in [-0.25, -0.2) is 9.97 Å². The van der Waals surface area contributed by atoms with E-state index in [9.17, 15) is 0 Å². The summed E-state index contributed by atoms with van der Waals surface area (Å²) < 4.78 is 0.559. The average molecular weight is 330 g/mol. The summed E-state index contributed by atoms with van der Waals surface area (Å²) in [5.41, 5.74) is 0. The number of thioether (sulfide) groups is 1. The molecule has 1 aromatic rings. The van der Waals surface area contributed by atoms with Gasteiger partial charge in [-0.15, -0.1) is 0 Å². The summed E-state index contributed by atoms with van der Waals surface area (Å²) in [4.78, 5) is 8.27. The van der Waals surface area contributed by atoms with Crippen LogP contribution in [0.5, 0.6) is 0 Å². The summed E-state index contributed by atoms with van der Waals surface area (Å²) >= 11 is 16.7. The number of halogens is 3. The Hall–Kier alpha value is 0.490. The Morgan fingerprint density at radius 1 is 1.27 bits per heavy atom. The van der Waals surface area contributed by atoms with Gasteiger partial charge < -0.3 is 0 Å². The molecule has 0 radical (unpaired) electrons. The summed E-state index contributed by atoms with van der Waals surface area (Å²) in [7, 11) is 0. The first-order valence-corrected chi connectivity index (χ1v) is 7.16. The normalized spacial score (nSPS) is 11.1. The van der Waals surface area contributed by atoms with E-state index in [1.165, 1.54) is 0 Å². The fraction of sp³-hybridized carbons (Fsp3) is 0.556. The molecule has 0 N–H and O–H groups in total. The Bertz CT molecular complexity index is 324. The molecule has 1 heterocycles. The summed E-state index contributed by atoms with van der Waals surface area (Å²) in [5, 5.41) is 0.741. The second kappa shape index (κ2) is 6.28. The number of hydrogen-bond acceptors (Lipinski definition) is 3. The molecule has 0 bridgehead atoms. The average Bonchev–Trinajstić information content (AvgIpc) is 2.13. The van der Waals surface area contributed by atoms with E-state index < -0.39 is 0 Å². The highest BCUT2D eigenvalue weighted by Crippen LogP contribution is 2.27. The molecule has 0 aliphatic rings. The van der Waals surface area contributed by atoms with Gasteiger partial charge in [-0.3, -0.25) is 0 Å². The molecular formula is C9H11BrCl2N2S. The lowest BCUT2D eigenvalue weighted by atomic mass is 10.3. The Morgan fingerprint density at radius 2 is 1.80 bits per heavy atom. The monoisotopic (exact) mass is 328 g/mol. The van der Waals surface area contributed by atoms with Gasteiger partial charge in [-0.1, -0.05) is 37.0 Å². The highest BCUT2D eigenvalue weighted by atomic mass is 79.9. The van der Waals surface area contributed by atoms with Crippen molar-refractivity contribution in [3.63, 3.8) is 0 Å². The summed E-state index contributed by atoms with van der Waals surface area (Å²) in [6.07, 6.45) is 0. The van der Waals surface area contributed by atoms with E-state index in [1.54, 1.807) is 11.8 Å². The maximum absolute atomic E-state index is 5.87. The van der Waals surface area contributed by atoms with E-state index in [-0.39, 0.29) is 0 Å². The topological polar surface area (TPSA) is 25.8 Å². The summed E-state index contributed by atoms with van der Waals surface area (Å²) in [5.74, 6) is 3.16. The van der Waals surface area contributed by atoms with Crippen LogP contribution in [0.4, 0.5) is 0 Å². The SMILES string of the molecule is CC(C)CSCc1nc(Cl)c(Br)c(Cl)n1. The van der Waals surface area contributed by atoms with Gasteiger partial charge in [0.1, 0.15) is 16.1 Å². The highest BCUT2D eigenvalue weighted by molar-refractivity contribution is 9.10. The van der Waals surface area contributed by atoms with Crippen LogP contribution in [-0.4, -0.2) is 15.7 Å². The fourth-order valence-corrected chi connectivity index (χ4v) is 2.39. The first kappa shape index (κ1) is 13.6. The number of aromatic nitrogens is 2. The van der Waals surface area contributed by atoms with E-state index in [2.05, 4.69) is 39.7 Å². The largest absolute Gasteiger partial charge is 0.219 e. The maximum Gasteiger partial charge on any atom is 0.148 e. The quantitative estimate of drug-likeness (QED) is 0.764. The predicted molar refractivity (Wildman–Crippen MR) is 70.8 cm³/mol. The lowest BCUT2D eigenvalue weighted by Crippen LogP contribution is -1.97. The molecule has 15 heavy (non-hydrogen) atoms. The van der Waals surface area contributed by atoms with Crippen molar-refractivity contribution in [2.24, 2.45) is 5.92 Å². The van der Waals surface area contributed by atoms with Gasteiger partial charge in [-0.2, -0.15) is 11.8 Å². The van der Waals surface area contributed by atoms with E-state index in [0.717, 1.165) is 11.5 Å². The zero-order valence-corrected chi connectivity index (χ0v) is 12.3. The molecule has 0 atom stereocenters. The van der Waals surface area contributed by atoms with Gasteiger partial charge in [0.15, 0.2) is 0 Å². The third kappa shape index (κ3) is 4.47. The van der Waals surface area contributed by atoms with Crippen molar-refractivity contribution < 1.29 is 0 Å². The summed E-state index contributed by atoms with van der Waals surface area (Å²) in [6.45, 7) is 4.35. The summed E-state index contributed by atoms with van der Waals surface area (Å²) in [6, 6.07) is 0. The van der Waals surface area contributed by atoms with Crippen molar-refractivity contribution in [3.8, 4) is 0 Å². The Kier molecular flexibility index (Phi) is 5.68. The lowest BCUT2D eigenvalue weighted by Gasteiger charge is -2.05. The van der Waals surface area contributed by atoms with Gasteiger partial charge >= 0.3 is 0 Å². The zero-order chi connectivity index (χ0) is 11.4. The minimum atomic E-state index is 0.371. The van der Waals surface area contributed by atoms with Crippen molar-refractivity contribution in [1.82, 2.24) is 9.97 Å². The highest BCUT2D eigenvalue weighted by Gasteiger charge is 2.08. The molecule has 0 saturated heterocycles. The standard InChI is InChI=1S/C9H11BrCl2N2S/c1-5(2)3-15-4-6-13-8(11)7(10)9(12)14-6/h5H,3-4H2,1-2H3. The Labute approximate surface area is 112 Å². The molecule has 1 rings (SSSR count). The van der Waals surface area contributed by atoms with Crippen molar-refractivity contribution in [1.29, 1.82) is 0 Å². The van der Waals surface area contributed by atoms with Crippen LogP contribution in [0.1, 0.15) is 19.7 Å². The molecular weight excluding hydrogens is 319 g/mol. The van der Waals surface area contributed by atoms with Gasteiger partial charge in [0.05, 0.1) is 10.2 Å². The van der Waals surface area contributed by atoms with Crippen LogP contribution >= 0.6 is 50.9 Å². The molecule has 0 aliphatic carbocycles. The van der Waals surface area contributed by atoms with Crippen LogP contribution < -0.4 is 0 Å². The van der Waals surface area contributed by atoms with Gasteiger partial charge in [0.25, 0.3) is 0 Å². The number of nitrogens with zero attached hydrogens (tertiary/aromatic N) is 2. The van der Waals surface area contributed by atoms with Crippen LogP contribution in [0.2, 0.25) is 10.3 Å². The van der Waals surface area contributed by atoms with Crippen LogP contribution in [0.25, 0.3) is 0 Å². The van der Waals surface area contributed by atoms with Crippen molar-refractivity contribution >= 4 is 50.9 Å². The van der Waals surface area contributed by atoms with Crippen LogP contribution in [0.15, 0.2) is 4.47 Å². The minimum Gasteiger partial charge on any atom is -0.219 e. The molecule has 2 nitrogen and oxygen atoms in total. The van der Waals surface area contributed by atoms with Crippen LogP contribution in [0.3, 0.4) is 0 Å². The molecule has 0 saturated carbocycles. The van der Waals surface area contributed by atoms with Crippen LogP contribution in [-0.2, 0) is 5.75 Å². The predicted octanol–water partition coefficient (Wildman–Crippen LogP) is 4.44. The molecule has 0 aliphatic heterocycles. The molecule has 0 aromatic carbocycles. The van der Waals surface area contributed by atoms with Crippen LogP contribution in [0, 0.1) is 5.92 Å². The smallest absolute Gasteiger partial charge is 0.148 e. The first-order chi connectivity index (χ1) is 7.00. The van der Waals surface area contributed by atoms with E-state index in [0.29, 0.717) is 26.5 Å².